The molecule has 7 aliphatic rings. The van der Waals surface area contributed by atoms with Gasteiger partial charge in [-0.2, -0.15) is 9.97 Å². The van der Waals surface area contributed by atoms with Crippen molar-refractivity contribution < 1.29 is 37.7 Å². The Balaban J connectivity index is 0.000000183. The number of ether oxygens (including phenoxy) is 6. The number of morpholine rings is 3. The lowest BCUT2D eigenvalue weighted by Crippen LogP contribution is -2.41. The van der Waals surface area contributed by atoms with Crippen molar-refractivity contribution in [1.82, 2.24) is 55.2 Å². The highest BCUT2D eigenvalue weighted by Crippen LogP contribution is 2.36. The normalized spacial score (nSPS) is 19.5. The van der Waals surface area contributed by atoms with E-state index in [9.17, 15) is 0 Å². The van der Waals surface area contributed by atoms with Gasteiger partial charge in [0.05, 0.1) is 56.5 Å². The largest absolute Gasteiger partial charge is 0.498 e. The third-order valence-corrected chi connectivity index (χ3v) is 16.5. The van der Waals surface area contributed by atoms with E-state index in [0.29, 0.717) is 91.1 Å². The zero-order valence-electron chi connectivity index (χ0n) is 50.6. The SMILES string of the molecule is C.C.CC1(C)OB(c2cnc(N)nc2)OC1(C)C.CN(c1cc(-c2cnc(N)nc2)nc(N2CCOCC2)n1)C1CCOCC1.CN(c1cc(Cl)nc(N2CCOCC2)n1)C1CCOCC1.CNC1CCOCC1.Clc1cc(Cl)nc(N2CCOCC2)n1. The number of nitrogens with zero attached hydrogens (tertiary/aromatic N) is 15. The van der Waals surface area contributed by atoms with Gasteiger partial charge in [-0.15, -0.1) is 0 Å². The lowest BCUT2D eigenvalue weighted by Gasteiger charge is -2.33. The summed E-state index contributed by atoms with van der Waals surface area (Å²) in [5, 5.41) is 4.44. The van der Waals surface area contributed by atoms with E-state index < -0.39 is 7.12 Å². The fourth-order valence-corrected chi connectivity index (χ4v) is 10.4. The van der Waals surface area contributed by atoms with Gasteiger partial charge in [0, 0.05) is 165 Å². The number of nitrogens with one attached hydrogen (secondary N) is 1. The van der Waals surface area contributed by atoms with E-state index in [-0.39, 0.29) is 38.0 Å². The smallest absolute Gasteiger partial charge is 0.399 e. The maximum atomic E-state index is 6.19. The molecule has 0 aromatic carbocycles. The van der Waals surface area contributed by atoms with Crippen LogP contribution in [0, 0.1) is 0 Å². The molecular weight excluding hydrogens is 1190 g/mol. The maximum Gasteiger partial charge on any atom is 0.498 e. The number of aromatic nitrogens is 10. The third-order valence-electron chi connectivity index (χ3n) is 15.9. The van der Waals surface area contributed by atoms with Crippen LogP contribution in [0.3, 0.4) is 0 Å². The molecule has 0 bridgehead atoms. The highest BCUT2D eigenvalue weighted by molar-refractivity contribution is 6.61. The molecule has 0 spiro atoms. The van der Waals surface area contributed by atoms with E-state index in [0.717, 1.165) is 133 Å². The van der Waals surface area contributed by atoms with Gasteiger partial charge in [-0.3, -0.25) is 0 Å². The predicted octanol–water partition coefficient (Wildman–Crippen LogP) is 6.18. The van der Waals surface area contributed by atoms with Gasteiger partial charge in [-0.25, -0.2) is 39.9 Å². The van der Waals surface area contributed by atoms with Gasteiger partial charge >= 0.3 is 7.12 Å². The predicted molar refractivity (Wildman–Crippen MR) is 349 cm³/mol. The van der Waals surface area contributed by atoms with Crippen molar-refractivity contribution in [1.29, 1.82) is 0 Å². The lowest BCUT2D eigenvalue weighted by atomic mass is 9.81. The molecule has 0 aliphatic carbocycles. The number of nitrogens with two attached hydrogens (primary N) is 2. The van der Waals surface area contributed by atoms with E-state index in [1.54, 1.807) is 24.8 Å². The van der Waals surface area contributed by atoms with Crippen LogP contribution in [0.2, 0.25) is 15.5 Å². The fourth-order valence-electron chi connectivity index (χ4n) is 9.84. The molecule has 0 amide bonds. The minimum Gasteiger partial charge on any atom is -0.399 e. The molecule has 0 atom stereocenters. The summed E-state index contributed by atoms with van der Waals surface area (Å²) < 4.78 is 43.8. The van der Waals surface area contributed by atoms with Crippen molar-refractivity contribution in [3.63, 3.8) is 0 Å². The van der Waals surface area contributed by atoms with Gasteiger partial charge in [-0.1, -0.05) is 49.7 Å². The molecular formula is C58H92BCl3N18O8. The van der Waals surface area contributed by atoms with Crippen LogP contribution in [0.4, 0.5) is 41.4 Å². The zero-order valence-corrected chi connectivity index (χ0v) is 52.9. The topological polar surface area (TPSA) is 283 Å². The Morgan fingerprint density at radius 1 is 0.489 bits per heavy atom. The first-order valence-corrected chi connectivity index (χ1v) is 30.6. The lowest BCUT2D eigenvalue weighted by molar-refractivity contribution is 0.00578. The highest BCUT2D eigenvalue weighted by Gasteiger charge is 2.52. The average Bonchev–Trinajstić information content (AvgIpc) is 1.85. The molecule has 7 fully saturated rings. The van der Waals surface area contributed by atoms with Crippen LogP contribution in [0.15, 0.2) is 43.0 Å². The van der Waals surface area contributed by atoms with Crippen LogP contribution in [-0.2, 0) is 37.7 Å². The summed E-state index contributed by atoms with van der Waals surface area (Å²) in [5.41, 5.74) is 12.8. The van der Waals surface area contributed by atoms with Crippen molar-refractivity contribution in [2.45, 2.75) is 110 Å². The van der Waals surface area contributed by atoms with Gasteiger partial charge in [-0.05, 0) is 73.3 Å². The Bertz CT molecular complexity index is 2800. The summed E-state index contributed by atoms with van der Waals surface area (Å²) >= 11 is 17.7. The van der Waals surface area contributed by atoms with Gasteiger partial charge < -0.3 is 79.0 Å². The Hall–Kier alpha value is -5.43. The van der Waals surface area contributed by atoms with Crippen LogP contribution < -0.4 is 46.7 Å². The van der Waals surface area contributed by atoms with Gasteiger partial charge in [0.15, 0.2) is 0 Å². The van der Waals surface area contributed by atoms with E-state index in [1.807, 2.05) is 51.8 Å². The summed E-state index contributed by atoms with van der Waals surface area (Å²) in [7, 11) is 5.74. The number of hydrogen-bond acceptors (Lipinski definition) is 26. The van der Waals surface area contributed by atoms with Crippen LogP contribution in [0.5, 0.6) is 0 Å². The van der Waals surface area contributed by atoms with Crippen LogP contribution in [0.1, 0.15) is 81.1 Å². The summed E-state index contributed by atoms with van der Waals surface area (Å²) in [6, 6.07) is 6.91. The molecule has 5 aromatic rings. The van der Waals surface area contributed by atoms with Crippen molar-refractivity contribution in [3.8, 4) is 11.3 Å². The second-order valence-electron chi connectivity index (χ2n) is 22.2. The monoisotopic (exact) mass is 1280 g/mol. The van der Waals surface area contributed by atoms with Crippen molar-refractivity contribution in [2.24, 2.45) is 0 Å². The first kappa shape index (κ1) is 71.6. The Morgan fingerprint density at radius 3 is 1.23 bits per heavy atom. The Labute approximate surface area is 534 Å². The number of rotatable bonds is 10. The molecule has 7 saturated heterocycles. The third kappa shape index (κ3) is 21.1. The molecule has 0 radical (unpaired) electrons. The van der Waals surface area contributed by atoms with E-state index in [1.165, 1.54) is 18.9 Å². The van der Waals surface area contributed by atoms with E-state index in [4.69, 9.17) is 99.0 Å². The van der Waals surface area contributed by atoms with Crippen LogP contribution in [-0.4, -0.2) is 226 Å². The molecule has 0 saturated carbocycles. The summed E-state index contributed by atoms with van der Waals surface area (Å²) in [5.74, 6) is 4.25. The standard InChI is InChI=1S/C18H25N7O2.C14H21ClN4O2.C10H16BN3O2.C8H9Cl2N3O.C6H13NO.2CH4/c1-24(14-2-6-26-7-3-14)16-10-15(13-11-20-17(19)21-12-13)22-18(23-16)25-4-8-27-9-5-25;1-18(11-2-6-20-7-3-11)13-10-12(15)16-14(17-13)19-4-8-21-9-5-19;1-9(2)10(3,4)16-11(15-9)7-5-13-8(12)14-6-7;9-6-5-7(10)12-8(11-6)13-1-3-14-4-2-13;1-7-6-2-4-8-5-3-6;;/h10-12,14H,2-9H2,1H3,(H2,19,20,21);10-11H,2-9H2,1H3;5-6H,1-4H3,(H2,12,13,14);5H,1-4H2;6-7H,2-5H2,1H3;2*1H4. The van der Waals surface area contributed by atoms with Crippen LogP contribution >= 0.6 is 34.8 Å². The zero-order chi connectivity index (χ0) is 61.1. The number of halogens is 3. The van der Waals surface area contributed by atoms with Gasteiger partial charge in [0.1, 0.15) is 27.1 Å². The van der Waals surface area contributed by atoms with E-state index in [2.05, 4.69) is 73.9 Å². The van der Waals surface area contributed by atoms with E-state index >= 15 is 0 Å². The molecule has 0 unspecified atom stereocenters. The average molecular weight is 1290 g/mol. The van der Waals surface area contributed by atoms with Crippen molar-refractivity contribution >= 4 is 88.8 Å². The number of nitrogen functional groups attached to an aromatic ring is 2. The molecule has 26 nitrogen and oxygen atoms in total. The summed E-state index contributed by atoms with van der Waals surface area (Å²) in [4.78, 5) is 53.6. The molecule has 7 aliphatic heterocycles. The second kappa shape index (κ2) is 35.2. The molecule has 30 heteroatoms. The van der Waals surface area contributed by atoms with Crippen molar-refractivity contribution in [3.05, 3.63) is 58.4 Å². The fraction of sp³-hybridized carbons (Fsp3) is 0.655. The summed E-state index contributed by atoms with van der Waals surface area (Å²) in [6.45, 7) is 22.0. The number of hydrogen-bond donors (Lipinski definition) is 3. The minimum absolute atomic E-state index is 0. The molecule has 5 aromatic heterocycles. The quantitative estimate of drug-likeness (QED) is 0.104. The van der Waals surface area contributed by atoms with Crippen LogP contribution in [0.25, 0.3) is 11.3 Å². The second-order valence-corrected chi connectivity index (χ2v) is 23.4. The maximum absolute atomic E-state index is 6.19. The Kier molecular flexibility index (Phi) is 28.7. The highest BCUT2D eigenvalue weighted by atomic mass is 35.5. The molecule has 5 N–H and O–H groups in total. The first-order chi connectivity index (χ1) is 41.4. The van der Waals surface area contributed by atoms with Gasteiger partial charge in [0.25, 0.3) is 0 Å². The summed E-state index contributed by atoms with van der Waals surface area (Å²) in [6.07, 6.45) is 13.0. The van der Waals surface area contributed by atoms with Crippen molar-refractivity contribution in [2.75, 3.05) is 176 Å². The first-order valence-electron chi connectivity index (χ1n) is 29.4. The molecule has 486 valence electrons. The van der Waals surface area contributed by atoms with Gasteiger partial charge in [0.2, 0.25) is 29.7 Å². The molecule has 12 heterocycles. The molecule has 12 rings (SSSR count). The Morgan fingerprint density at radius 2 is 0.830 bits per heavy atom. The molecule has 88 heavy (non-hydrogen) atoms. The number of anilines is 7. The minimum atomic E-state index is -0.425.